The molecule has 0 saturated carbocycles. The second-order valence-electron chi connectivity index (χ2n) is 4.90. The van der Waals surface area contributed by atoms with E-state index < -0.39 is 0 Å². The summed E-state index contributed by atoms with van der Waals surface area (Å²) in [6.07, 6.45) is 0. The molecular formula is C17H20BrNO. The number of rotatable bonds is 5. The van der Waals surface area contributed by atoms with Crippen LogP contribution in [0.25, 0.3) is 0 Å². The molecule has 1 unspecified atom stereocenters. The van der Waals surface area contributed by atoms with Crippen molar-refractivity contribution in [1.82, 2.24) is 5.32 Å². The summed E-state index contributed by atoms with van der Waals surface area (Å²) in [4.78, 5) is 0. The molecule has 2 nitrogen and oxygen atoms in total. The highest BCUT2D eigenvalue weighted by molar-refractivity contribution is 9.10. The minimum atomic E-state index is 0.227. The molecule has 0 aromatic heterocycles. The first-order valence-electron chi connectivity index (χ1n) is 6.76. The molecule has 0 bridgehead atoms. The van der Waals surface area contributed by atoms with Gasteiger partial charge in [0.2, 0.25) is 0 Å². The third-order valence-corrected chi connectivity index (χ3v) is 4.00. The fraction of sp³-hybridized carbons (Fsp3) is 0.294. The summed E-state index contributed by atoms with van der Waals surface area (Å²) in [5.74, 6) is 0.926. The van der Waals surface area contributed by atoms with Crippen molar-refractivity contribution in [2.24, 2.45) is 0 Å². The molecule has 2 atom stereocenters. The van der Waals surface area contributed by atoms with Gasteiger partial charge in [0.1, 0.15) is 5.75 Å². The van der Waals surface area contributed by atoms with Crippen LogP contribution in [0.4, 0.5) is 0 Å². The van der Waals surface area contributed by atoms with Gasteiger partial charge in [-0.3, -0.25) is 0 Å². The van der Waals surface area contributed by atoms with Crippen LogP contribution in [0.15, 0.2) is 53.0 Å². The van der Waals surface area contributed by atoms with E-state index in [1.807, 2.05) is 18.2 Å². The van der Waals surface area contributed by atoms with Gasteiger partial charge in [0.15, 0.2) is 0 Å². The van der Waals surface area contributed by atoms with E-state index in [2.05, 4.69) is 65.4 Å². The molecule has 106 valence electrons. The van der Waals surface area contributed by atoms with E-state index in [0.29, 0.717) is 0 Å². The van der Waals surface area contributed by atoms with Crippen molar-refractivity contribution in [1.29, 1.82) is 0 Å². The lowest BCUT2D eigenvalue weighted by Crippen LogP contribution is -2.22. The molecule has 0 spiro atoms. The highest BCUT2D eigenvalue weighted by Gasteiger charge is 2.14. The third kappa shape index (κ3) is 3.62. The predicted octanol–water partition coefficient (Wildman–Crippen LogP) is 4.87. The summed E-state index contributed by atoms with van der Waals surface area (Å²) in [6.45, 7) is 4.34. The summed E-state index contributed by atoms with van der Waals surface area (Å²) >= 11 is 3.46. The number of hydrogen-bond donors (Lipinski definition) is 1. The molecule has 0 aliphatic rings. The normalized spacial score (nSPS) is 13.8. The number of halogens is 1. The molecule has 0 fully saturated rings. The zero-order valence-corrected chi connectivity index (χ0v) is 13.6. The largest absolute Gasteiger partial charge is 0.496 e. The topological polar surface area (TPSA) is 21.3 Å². The lowest BCUT2D eigenvalue weighted by molar-refractivity contribution is 0.396. The summed E-state index contributed by atoms with van der Waals surface area (Å²) in [7, 11) is 1.71. The summed E-state index contributed by atoms with van der Waals surface area (Å²) < 4.78 is 6.53. The van der Waals surface area contributed by atoms with Gasteiger partial charge < -0.3 is 10.1 Å². The quantitative estimate of drug-likeness (QED) is 0.842. The van der Waals surface area contributed by atoms with Gasteiger partial charge >= 0.3 is 0 Å². The SMILES string of the molecule is COc1ccccc1[C@H](C)NC(C)c1ccc(Br)cc1. The molecule has 2 aromatic rings. The molecule has 0 radical (unpaired) electrons. The maximum Gasteiger partial charge on any atom is 0.123 e. The smallest absolute Gasteiger partial charge is 0.123 e. The monoisotopic (exact) mass is 333 g/mol. The number of benzene rings is 2. The first kappa shape index (κ1) is 15.1. The molecule has 1 N–H and O–H groups in total. The second kappa shape index (κ2) is 6.91. The van der Waals surface area contributed by atoms with Crippen molar-refractivity contribution in [3.63, 3.8) is 0 Å². The second-order valence-corrected chi connectivity index (χ2v) is 5.82. The minimum absolute atomic E-state index is 0.227. The summed E-state index contributed by atoms with van der Waals surface area (Å²) in [6, 6.07) is 17.1. The average molecular weight is 334 g/mol. The van der Waals surface area contributed by atoms with E-state index in [1.165, 1.54) is 11.1 Å². The van der Waals surface area contributed by atoms with Crippen LogP contribution in [-0.4, -0.2) is 7.11 Å². The van der Waals surface area contributed by atoms with Crippen molar-refractivity contribution < 1.29 is 4.74 Å². The zero-order valence-electron chi connectivity index (χ0n) is 12.1. The maximum atomic E-state index is 5.42. The maximum absolute atomic E-state index is 5.42. The van der Waals surface area contributed by atoms with Gasteiger partial charge in [0.05, 0.1) is 7.11 Å². The molecule has 0 aliphatic carbocycles. The van der Waals surface area contributed by atoms with Crippen molar-refractivity contribution in [3.05, 3.63) is 64.1 Å². The Bertz CT molecular complexity index is 553. The van der Waals surface area contributed by atoms with Crippen LogP contribution < -0.4 is 10.1 Å². The Balaban J connectivity index is 2.10. The van der Waals surface area contributed by atoms with Crippen LogP contribution in [0.3, 0.4) is 0 Å². The van der Waals surface area contributed by atoms with E-state index in [4.69, 9.17) is 4.74 Å². The van der Waals surface area contributed by atoms with E-state index in [0.717, 1.165) is 10.2 Å². The number of ether oxygens (including phenoxy) is 1. The summed E-state index contributed by atoms with van der Waals surface area (Å²) in [5.41, 5.74) is 2.45. The van der Waals surface area contributed by atoms with Crippen molar-refractivity contribution in [3.8, 4) is 5.75 Å². The molecule has 0 aliphatic heterocycles. The molecule has 3 heteroatoms. The van der Waals surface area contributed by atoms with Crippen LogP contribution in [0.2, 0.25) is 0 Å². The Kier molecular flexibility index (Phi) is 5.21. The van der Waals surface area contributed by atoms with Gasteiger partial charge in [-0.05, 0) is 37.6 Å². The van der Waals surface area contributed by atoms with Crippen molar-refractivity contribution in [2.75, 3.05) is 7.11 Å². The van der Waals surface area contributed by atoms with E-state index in [-0.39, 0.29) is 12.1 Å². The number of para-hydroxylation sites is 1. The van der Waals surface area contributed by atoms with E-state index >= 15 is 0 Å². The molecule has 20 heavy (non-hydrogen) atoms. The Hall–Kier alpha value is -1.32. The molecule has 2 rings (SSSR count). The molecule has 0 saturated heterocycles. The fourth-order valence-electron chi connectivity index (χ4n) is 2.34. The van der Waals surface area contributed by atoms with Gasteiger partial charge in [0, 0.05) is 22.1 Å². The van der Waals surface area contributed by atoms with Crippen molar-refractivity contribution >= 4 is 15.9 Å². The van der Waals surface area contributed by atoms with Crippen LogP contribution in [-0.2, 0) is 0 Å². The van der Waals surface area contributed by atoms with Crippen LogP contribution in [0.5, 0.6) is 5.75 Å². The standard InChI is InChI=1S/C17H20BrNO/c1-12(14-8-10-15(18)11-9-14)19-13(2)16-6-4-5-7-17(16)20-3/h4-13,19H,1-3H3/t12?,13-/m0/s1. The Morgan fingerprint density at radius 1 is 0.950 bits per heavy atom. The van der Waals surface area contributed by atoms with Gasteiger partial charge in [-0.25, -0.2) is 0 Å². The first-order valence-corrected chi connectivity index (χ1v) is 7.55. The lowest BCUT2D eigenvalue weighted by Gasteiger charge is -2.22. The van der Waals surface area contributed by atoms with Gasteiger partial charge in [-0.1, -0.05) is 46.3 Å². The van der Waals surface area contributed by atoms with Gasteiger partial charge in [-0.2, -0.15) is 0 Å². The average Bonchev–Trinajstić information content (AvgIpc) is 2.47. The van der Waals surface area contributed by atoms with Crippen LogP contribution >= 0.6 is 15.9 Å². The fourth-order valence-corrected chi connectivity index (χ4v) is 2.60. The van der Waals surface area contributed by atoms with Gasteiger partial charge in [-0.15, -0.1) is 0 Å². The zero-order chi connectivity index (χ0) is 14.5. The molecule has 0 heterocycles. The van der Waals surface area contributed by atoms with Crippen molar-refractivity contribution in [2.45, 2.75) is 25.9 Å². The predicted molar refractivity (Wildman–Crippen MR) is 87.1 cm³/mol. The highest BCUT2D eigenvalue weighted by Crippen LogP contribution is 2.27. The molecule has 0 amide bonds. The number of nitrogens with one attached hydrogen (secondary N) is 1. The lowest BCUT2D eigenvalue weighted by atomic mass is 10.0. The Morgan fingerprint density at radius 2 is 1.60 bits per heavy atom. The van der Waals surface area contributed by atoms with Crippen LogP contribution in [0.1, 0.15) is 37.1 Å². The molecule has 2 aromatic carbocycles. The van der Waals surface area contributed by atoms with Gasteiger partial charge in [0.25, 0.3) is 0 Å². The Labute approximate surface area is 129 Å². The summed E-state index contributed by atoms with van der Waals surface area (Å²) in [5, 5.41) is 3.61. The van der Waals surface area contributed by atoms with E-state index in [9.17, 15) is 0 Å². The molecular weight excluding hydrogens is 314 g/mol. The number of methoxy groups -OCH3 is 1. The highest BCUT2D eigenvalue weighted by atomic mass is 79.9. The minimum Gasteiger partial charge on any atom is -0.496 e. The van der Waals surface area contributed by atoms with Crippen LogP contribution in [0, 0.1) is 0 Å². The number of hydrogen-bond acceptors (Lipinski definition) is 2. The van der Waals surface area contributed by atoms with E-state index in [1.54, 1.807) is 7.11 Å². The Morgan fingerprint density at radius 3 is 2.25 bits per heavy atom. The third-order valence-electron chi connectivity index (χ3n) is 3.48. The first-order chi connectivity index (χ1) is 9.61.